The normalized spacial score (nSPS) is 15.8. The molecule has 0 amide bonds. The highest BCUT2D eigenvalue weighted by Crippen LogP contribution is 2.26. The Balaban J connectivity index is 1.74. The van der Waals surface area contributed by atoms with Crippen LogP contribution in [0.2, 0.25) is 5.02 Å². The number of benzene rings is 1. The molecule has 1 aliphatic rings. The second kappa shape index (κ2) is 6.33. The lowest BCUT2D eigenvalue weighted by molar-refractivity contribution is 0.120. The summed E-state index contributed by atoms with van der Waals surface area (Å²) in [7, 11) is 0. The zero-order valence-electron chi connectivity index (χ0n) is 11.9. The van der Waals surface area contributed by atoms with Gasteiger partial charge < -0.3 is 14.1 Å². The van der Waals surface area contributed by atoms with Crippen molar-refractivity contribution < 1.29 is 9.15 Å². The minimum atomic E-state index is 0.720. The fraction of sp³-hybridized carbons (Fsp3) is 0.312. The first-order chi connectivity index (χ1) is 10.2. The van der Waals surface area contributed by atoms with Crippen molar-refractivity contribution in [1.29, 1.82) is 0 Å². The molecule has 1 saturated heterocycles. The van der Waals surface area contributed by atoms with E-state index >= 15 is 0 Å². The third-order valence-corrected chi connectivity index (χ3v) is 3.91. The van der Waals surface area contributed by atoms with Crippen LogP contribution in [-0.4, -0.2) is 32.5 Å². The van der Waals surface area contributed by atoms with E-state index in [4.69, 9.17) is 20.8 Å². The largest absolute Gasteiger partial charge is 0.440 e. The highest BCUT2D eigenvalue weighted by Gasteiger charge is 2.14. The number of morpholine rings is 1. The first kappa shape index (κ1) is 14.2. The standard InChI is InChI=1S/C16H17ClN2O2/c1-12-14(17)3-2-4-15(12)18-11-13-5-6-16(21-13)19-7-9-20-10-8-19/h2-6,11H,7-10H2,1H3. The Morgan fingerprint density at radius 2 is 2.00 bits per heavy atom. The summed E-state index contributed by atoms with van der Waals surface area (Å²) in [6.45, 7) is 5.16. The third kappa shape index (κ3) is 3.28. The Hall–Kier alpha value is -1.78. The Morgan fingerprint density at radius 1 is 1.19 bits per heavy atom. The summed E-state index contributed by atoms with van der Waals surface area (Å²) in [6.07, 6.45) is 1.72. The monoisotopic (exact) mass is 304 g/mol. The average molecular weight is 305 g/mol. The van der Waals surface area contributed by atoms with Crippen LogP contribution in [-0.2, 0) is 4.74 Å². The van der Waals surface area contributed by atoms with E-state index in [0.29, 0.717) is 0 Å². The quantitative estimate of drug-likeness (QED) is 0.809. The molecule has 0 spiro atoms. The Labute approximate surface area is 129 Å². The number of anilines is 1. The maximum Gasteiger partial charge on any atom is 0.196 e. The van der Waals surface area contributed by atoms with E-state index in [9.17, 15) is 0 Å². The molecular weight excluding hydrogens is 288 g/mol. The molecule has 2 heterocycles. The van der Waals surface area contributed by atoms with Crippen molar-refractivity contribution >= 4 is 29.4 Å². The van der Waals surface area contributed by atoms with Crippen molar-refractivity contribution in [2.24, 2.45) is 4.99 Å². The summed E-state index contributed by atoms with van der Waals surface area (Å²) in [6, 6.07) is 9.58. The number of halogens is 1. The molecule has 110 valence electrons. The Morgan fingerprint density at radius 3 is 2.81 bits per heavy atom. The zero-order chi connectivity index (χ0) is 14.7. The predicted octanol–water partition coefficient (Wildman–Crippen LogP) is 3.83. The fourth-order valence-corrected chi connectivity index (χ4v) is 2.40. The van der Waals surface area contributed by atoms with Crippen LogP contribution < -0.4 is 4.90 Å². The van der Waals surface area contributed by atoms with E-state index in [1.807, 2.05) is 37.3 Å². The first-order valence-corrected chi connectivity index (χ1v) is 7.33. The smallest absolute Gasteiger partial charge is 0.196 e. The van der Waals surface area contributed by atoms with Crippen molar-refractivity contribution in [2.45, 2.75) is 6.92 Å². The molecule has 1 aromatic heterocycles. The van der Waals surface area contributed by atoms with Crippen LogP contribution in [0.25, 0.3) is 0 Å². The van der Waals surface area contributed by atoms with Gasteiger partial charge in [0.15, 0.2) is 5.88 Å². The van der Waals surface area contributed by atoms with Crippen LogP contribution in [0.1, 0.15) is 11.3 Å². The topological polar surface area (TPSA) is 38.0 Å². The molecule has 5 heteroatoms. The molecule has 0 atom stereocenters. The van der Waals surface area contributed by atoms with Gasteiger partial charge in [0.2, 0.25) is 0 Å². The Kier molecular flexibility index (Phi) is 4.27. The molecule has 0 saturated carbocycles. The summed E-state index contributed by atoms with van der Waals surface area (Å²) in [5, 5.41) is 0.720. The molecule has 0 bridgehead atoms. The lowest BCUT2D eigenvalue weighted by Crippen LogP contribution is -2.35. The average Bonchev–Trinajstić information content (AvgIpc) is 2.99. The van der Waals surface area contributed by atoms with E-state index < -0.39 is 0 Å². The lowest BCUT2D eigenvalue weighted by Gasteiger charge is -2.26. The summed E-state index contributed by atoms with van der Waals surface area (Å²) >= 11 is 6.09. The summed E-state index contributed by atoms with van der Waals surface area (Å²) in [4.78, 5) is 6.62. The van der Waals surface area contributed by atoms with Crippen molar-refractivity contribution in [2.75, 3.05) is 31.2 Å². The van der Waals surface area contributed by atoms with Gasteiger partial charge in [0.1, 0.15) is 5.76 Å². The molecule has 1 fully saturated rings. The molecule has 0 aliphatic carbocycles. The number of rotatable bonds is 3. The lowest BCUT2D eigenvalue weighted by atomic mass is 10.2. The van der Waals surface area contributed by atoms with Gasteiger partial charge in [-0.3, -0.25) is 4.99 Å². The maximum absolute atomic E-state index is 6.09. The number of furan rings is 1. The fourth-order valence-electron chi connectivity index (χ4n) is 2.23. The molecule has 0 radical (unpaired) electrons. The molecule has 0 unspecified atom stereocenters. The van der Waals surface area contributed by atoms with E-state index in [0.717, 1.165) is 54.2 Å². The van der Waals surface area contributed by atoms with E-state index in [1.54, 1.807) is 6.21 Å². The van der Waals surface area contributed by atoms with Crippen molar-refractivity contribution in [1.82, 2.24) is 0 Å². The van der Waals surface area contributed by atoms with Gasteiger partial charge in [-0.2, -0.15) is 0 Å². The van der Waals surface area contributed by atoms with Crippen molar-refractivity contribution in [3.63, 3.8) is 0 Å². The van der Waals surface area contributed by atoms with Crippen LogP contribution >= 0.6 is 11.6 Å². The van der Waals surface area contributed by atoms with Crippen LogP contribution in [0.3, 0.4) is 0 Å². The second-order valence-electron chi connectivity index (χ2n) is 4.92. The SMILES string of the molecule is Cc1c(Cl)cccc1N=Cc1ccc(N2CCOCC2)o1. The highest BCUT2D eigenvalue weighted by molar-refractivity contribution is 6.31. The molecule has 0 N–H and O–H groups in total. The van der Waals surface area contributed by atoms with Gasteiger partial charge in [0.25, 0.3) is 0 Å². The Bertz CT molecular complexity index is 645. The van der Waals surface area contributed by atoms with Gasteiger partial charge in [-0.15, -0.1) is 0 Å². The highest BCUT2D eigenvalue weighted by atomic mass is 35.5. The van der Waals surface area contributed by atoms with E-state index in [-0.39, 0.29) is 0 Å². The van der Waals surface area contributed by atoms with Gasteiger partial charge in [0.05, 0.1) is 25.1 Å². The number of aliphatic imine (C=N–C) groups is 1. The minimum Gasteiger partial charge on any atom is -0.440 e. The van der Waals surface area contributed by atoms with E-state index in [2.05, 4.69) is 9.89 Å². The number of hydrogen-bond acceptors (Lipinski definition) is 4. The van der Waals surface area contributed by atoms with Gasteiger partial charge >= 0.3 is 0 Å². The molecule has 1 aromatic carbocycles. The van der Waals surface area contributed by atoms with Crippen LogP contribution in [0.5, 0.6) is 0 Å². The molecule has 1 aliphatic heterocycles. The first-order valence-electron chi connectivity index (χ1n) is 6.96. The second-order valence-corrected chi connectivity index (χ2v) is 5.32. The molecule has 3 rings (SSSR count). The van der Waals surface area contributed by atoms with Crippen molar-refractivity contribution in [3.8, 4) is 0 Å². The van der Waals surface area contributed by atoms with Crippen molar-refractivity contribution in [3.05, 3.63) is 46.7 Å². The predicted molar refractivity (Wildman–Crippen MR) is 85.2 cm³/mol. The van der Waals surface area contributed by atoms with Gasteiger partial charge in [-0.1, -0.05) is 17.7 Å². The van der Waals surface area contributed by atoms with Crippen LogP contribution in [0.15, 0.2) is 39.7 Å². The van der Waals surface area contributed by atoms with Gasteiger partial charge in [-0.05, 0) is 30.7 Å². The molecule has 4 nitrogen and oxygen atoms in total. The number of nitrogens with zero attached hydrogens (tertiary/aromatic N) is 2. The summed E-state index contributed by atoms with van der Waals surface area (Å²) in [5.74, 6) is 1.60. The molecule has 21 heavy (non-hydrogen) atoms. The summed E-state index contributed by atoms with van der Waals surface area (Å²) < 4.78 is 11.1. The summed E-state index contributed by atoms with van der Waals surface area (Å²) in [5.41, 5.74) is 1.82. The van der Waals surface area contributed by atoms with Crippen LogP contribution in [0.4, 0.5) is 11.6 Å². The number of ether oxygens (including phenoxy) is 1. The van der Waals surface area contributed by atoms with Crippen LogP contribution in [0, 0.1) is 6.92 Å². The zero-order valence-corrected chi connectivity index (χ0v) is 12.6. The molecule has 2 aromatic rings. The maximum atomic E-state index is 6.09. The van der Waals surface area contributed by atoms with E-state index in [1.165, 1.54) is 0 Å². The van der Waals surface area contributed by atoms with Gasteiger partial charge in [0, 0.05) is 24.2 Å². The van der Waals surface area contributed by atoms with Gasteiger partial charge in [-0.25, -0.2) is 0 Å². The third-order valence-electron chi connectivity index (χ3n) is 3.51. The molecular formula is C16H17ClN2O2. The number of hydrogen-bond donors (Lipinski definition) is 0. The minimum absolute atomic E-state index is 0.720.